The summed E-state index contributed by atoms with van der Waals surface area (Å²) in [6.07, 6.45) is 0.367. The van der Waals surface area contributed by atoms with Gasteiger partial charge in [-0.3, -0.25) is 4.79 Å². The zero-order valence-corrected chi connectivity index (χ0v) is 11.1. The second kappa shape index (κ2) is 6.28. The van der Waals surface area contributed by atoms with Gasteiger partial charge in [0.25, 0.3) is 5.91 Å². The van der Waals surface area contributed by atoms with Crippen molar-refractivity contribution in [2.75, 3.05) is 6.54 Å². The van der Waals surface area contributed by atoms with Crippen LogP contribution in [0.1, 0.15) is 21.5 Å². The molecular formula is C16H15F2NO. The van der Waals surface area contributed by atoms with Gasteiger partial charge in [0, 0.05) is 6.54 Å². The third-order valence-electron chi connectivity index (χ3n) is 3.07. The van der Waals surface area contributed by atoms with Crippen LogP contribution in [0.4, 0.5) is 8.78 Å². The van der Waals surface area contributed by atoms with E-state index in [4.69, 9.17) is 0 Å². The lowest BCUT2D eigenvalue weighted by molar-refractivity contribution is 0.0950. The summed E-state index contributed by atoms with van der Waals surface area (Å²) in [7, 11) is 0. The summed E-state index contributed by atoms with van der Waals surface area (Å²) < 4.78 is 27.1. The van der Waals surface area contributed by atoms with E-state index in [-0.39, 0.29) is 17.9 Å². The molecule has 2 aromatic rings. The second-order valence-electron chi connectivity index (χ2n) is 4.53. The first-order chi connectivity index (χ1) is 9.59. The van der Waals surface area contributed by atoms with E-state index in [1.165, 1.54) is 12.1 Å². The summed E-state index contributed by atoms with van der Waals surface area (Å²) in [5.74, 6) is -1.30. The molecular weight excluding hydrogens is 260 g/mol. The molecule has 0 aliphatic rings. The van der Waals surface area contributed by atoms with Crippen LogP contribution in [0.5, 0.6) is 0 Å². The van der Waals surface area contributed by atoms with Gasteiger partial charge in [-0.15, -0.1) is 0 Å². The van der Waals surface area contributed by atoms with Gasteiger partial charge in [0.15, 0.2) is 0 Å². The minimum Gasteiger partial charge on any atom is -0.352 e. The fourth-order valence-corrected chi connectivity index (χ4v) is 1.93. The van der Waals surface area contributed by atoms with Gasteiger partial charge >= 0.3 is 0 Å². The smallest absolute Gasteiger partial charge is 0.254 e. The lowest BCUT2D eigenvalue weighted by Crippen LogP contribution is -2.27. The Balaban J connectivity index is 1.96. The Morgan fingerprint density at radius 3 is 2.60 bits per heavy atom. The molecule has 0 atom stereocenters. The van der Waals surface area contributed by atoms with Crippen molar-refractivity contribution in [3.05, 3.63) is 70.8 Å². The van der Waals surface area contributed by atoms with E-state index in [9.17, 15) is 13.6 Å². The third-order valence-corrected chi connectivity index (χ3v) is 3.07. The molecule has 2 nitrogen and oxygen atoms in total. The molecule has 20 heavy (non-hydrogen) atoms. The Morgan fingerprint density at radius 1 is 1.10 bits per heavy atom. The Morgan fingerprint density at radius 2 is 1.85 bits per heavy atom. The normalized spacial score (nSPS) is 10.3. The first-order valence-electron chi connectivity index (χ1n) is 6.36. The molecule has 0 bridgehead atoms. The number of carbonyl (C=O) groups is 1. The molecule has 0 saturated carbocycles. The van der Waals surface area contributed by atoms with E-state index < -0.39 is 11.7 Å². The lowest BCUT2D eigenvalue weighted by atomic mass is 10.1. The second-order valence-corrected chi connectivity index (χ2v) is 4.53. The van der Waals surface area contributed by atoms with Crippen molar-refractivity contribution >= 4 is 5.91 Å². The quantitative estimate of drug-likeness (QED) is 0.911. The van der Waals surface area contributed by atoms with Crippen molar-refractivity contribution in [3.63, 3.8) is 0 Å². The van der Waals surface area contributed by atoms with Gasteiger partial charge in [0.2, 0.25) is 0 Å². The molecule has 4 heteroatoms. The molecule has 0 heterocycles. The maximum absolute atomic E-state index is 13.7. The van der Waals surface area contributed by atoms with Crippen molar-refractivity contribution in [3.8, 4) is 0 Å². The highest BCUT2D eigenvalue weighted by molar-refractivity contribution is 5.94. The first kappa shape index (κ1) is 14.2. The van der Waals surface area contributed by atoms with E-state index in [0.717, 1.165) is 0 Å². The largest absolute Gasteiger partial charge is 0.352 e. The molecule has 1 N–H and O–H groups in total. The predicted molar refractivity (Wildman–Crippen MR) is 73.6 cm³/mol. The highest BCUT2D eigenvalue weighted by atomic mass is 19.1. The summed E-state index contributed by atoms with van der Waals surface area (Å²) in [4.78, 5) is 11.8. The van der Waals surface area contributed by atoms with Crippen molar-refractivity contribution < 1.29 is 13.6 Å². The molecule has 0 aromatic heterocycles. The predicted octanol–water partition coefficient (Wildman–Crippen LogP) is 3.25. The number of amides is 1. The number of nitrogens with one attached hydrogen (secondary N) is 1. The molecule has 0 spiro atoms. The summed E-state index contributed by atoms with van der Waals surface area (Å²) in [5.41, 5.74) is 0.961. The minimum absolute atomic E-state index is 0.0125. The first-order valence-corrected chi connectivity index (χ1v) is 6.36. The third kappa shape index (κ3) is 3.20. The maximum atomic E-state index is 13.7. The molecule has 0 radical (unpaired) electrons. The number of halogens is 2. The summed E-state index contributed by atoms with van der Waals surface area (Å²) >= 11 is 0. The SMILES string of the molecule is Cc1cccc(C(=O)NCCc2ccccc2F)c1F. The van der Waals surface area contributed by atoms with Crippen molar-refractivity contribution in [1.29, 1.82) is 0 Å². The highest BCUT2D eigenvalue weighted by Gasteiger charge is 2.12. The Labute approximate surface area is 116 Å². The van der Waals surface area contributed by atoms with Crippen LogP contribution in [0.25, 0.3) is 0 Å². The molecule has 1 amide bonds. The zero-order chi connectivity index (χ0) is 14.5. The number of carbonyl (C=O) groups excluding carboxylic acids is 1. The van der Waals surface area contributed by atoms with Crippen LogP contribution < -0.4 is 5.32 Å². The number of benzene rings is 2. The average Bonchev–Trinajstić information content (AvgIpc) is 2.44. The van der Waals surface area contributed by atoms with Crippen molar-refractivity contribution in [1.82, 2.24) is 5.32 Å². The van der Waals surface area contributed by atoms with Crippen molar-refractivity contribution in [2.45, 2.75) is 13.3 Å². The van der Waals surface area contributed by atoms with Crippen LogP contribution in [-0.2, 0) is 6.42 Å². The van der Waals surface area contributed by atoms with Gasteiger partial charge in [0.05, 0.1) is 5.56 Å². The fourth-order valence-electron chi connectivity index (χ4n) is 1.93. The number of hydrogen-bond acceptors (Lipinski definition) is 1. The number of rotatable bonds is 4. The molecule has 0 unspecified atom stereocenters. The minimum atomic E-state index is -0.518. The number of hydrogen-bond donors (Lipinski definition) is 1. The van der Waals surface area contributed by atoms with Crippen LogP contribution in [0, 0.1) is 18.6 Å². The molecule has 2 aromatic carbocycles. The van der Waals surface area contributed by atoms with Gasteiger partial charge in [-0.25, -0.2) is 8.78 Å². The van der Waals surface area contributed by atoms with E-state index in [1.807, 2.05) is 0 Å². The highest BCUT2D eigenvalue weighted by Crippen LogP contribution is 2.12. The topological polar surface area (TPSA) is 29.1 Å². The van der Waals surface area contributed by atoms with E-state index in [0.29, 0.717) is 17.5 Å². The van der Waals surface area contributed by atoms with Crippen LogP contribution >= 0.6 is 0 Å². The van der Waals surface area contributed by atoms with Crippen LogP contribution in [0.3, 0.4) is 0 Å². The summed E-state index contributed by atoms with van der Waals surface area (Å²) in [6.45, 7) is 1.86. The maximum Gasteiger partial charge on any atom is 0.254 e. The molecule has 2 rings (SSSR count). The standard InChI is InChI=1S/C16H15F2NO/c1-11-5-4-7-13(15(11)18)16(20)19-10-9-12-6-2-3-8-14(12)17/h2-8H,9-10H2,1H3,(H,19,20). The van der Waals surface area contributed by atoms with Crippen molar-refractivity contribution in [2.24, 2.45) is 0 Å². The van der Waals surface area contributed by atoms with Gasteiger partial charge in [-0.2, -0.15) is 0 Å². The van der Waals surface area contributed by atoms with E-state index in [1.54, 1.807) is 37.3 Å². The molecule has 0 fully saturated rings. The average molecular weight is 275 g/mol. The lowest BCUT2D eigenvalue weighted by Gasteiger charge is -2.08. The zero-order valence-electron chi connectivity index (χ0n) is 11.1. The van der Waals surface area contributed by atoms with E-state index in [2.05, 4.69) is 5.32 Å². The Hall–Kier alpha value is -2.23. The van der Waals surface area contributed by atoms with Gasteiger partial charge in [-0.05, 0) is 36.6 Å². The monoisotopic (exact) mass is 275 g/mol. The Bertz CT molecular complexity index is 626. The molecule has 0 saturated heterocycles. The van der Waals surface area contributed by atoms with Gasteiger partial charge < -0.3 is 5.32 Å². The molecule has 104 valence electrons. The number of aryl methyl sites for hydroxylation is 1. The van der Waals surface area contributed by atoms with Gasteiger partial charge in [-0.1, -0.05) is 30.3 Å². The van der Waals surface area contributed by atoms with E-state index >= 15 is 0 Å². The van der Waals surface area contributed by atoms with Gasteiger partial charge in [0.1, 0.15) is 11.6 Å². The van der Waals surface area contributed by atoms with Crippen LogP contribution in [0.15, 0.2) is 42.5 Å². The summed E-state index contributed by atoms with van der Waals surface area (Å²) in [6, 6.07) is 11.0. The van der Waals surface area contributed by atoms with Crippen LogP contribution in [-0.4, -0.2) is 12.5 Å². The summed E-state index contributed by atoms with van der Waals surface area (Å²) in [5, 5.41) is 2.60. The molecule has 0 aliphatic carbocycles. The van der Waals surface area contributed by atoms with Crippen LogP contribution in [0.2, 0.25) is 0 Å². The Kier molecular flexibility index (Phi) is 4.45. The fraction of sp³-hybridized carbons (Fsp3) is 0.188. The molecule has 0 aliphatic heterocycles.